The smallest absolute Gasteiger partial charge is 0.119 e. The third-order valence-electron chi connectivity index (χ3n) is 2.76. The van der Waals surface area contributed by atoms with Crippen molar-refractivity contribution in [3.8, 4) is 17.0 Å². The summed E-state index contributed by atoms with van der Waals surface area (Å²) in [7, 11) is 0. The number of anilines is 1. The number of ether oxygens (including phenoxy) is 1. The number of nitrogens with zero attached hydrogens (tertiary/aromatic N) is 1. The molecule has 3 rings (SSSR count). The highest BCUT2D eigenvalue weighted by Gasteiger charge is 2.23. The van der Waals surface area contributed by atoms with Crippen molar-refractivity contribution in [1.82, 2.24) is 4.98 Å². The van der Waals surface area contributed by atoms with Gasteiger partial charge >= 0.3 is 0 Å². The molecule has 0 atom stereocenters. The summed E-state index contributed by atoms with van der Waals surface area (Å²) in [5.41, 5.74) is 8.41. The Labute approximate surface area is 100 Å². The van der Waals surface area contributed by atoms with E-state index in [-0.39, 0.29) is 0 Å². The number of pyridine rings is 1. The molecule has 3 nitrogen and oxygen atoms in total. The second kappa shape index (κ2) is 4.09. The van der Waals surface area contributed by atoms with Crippen molar-refractivity contribution in [3.63, 3.8) is 0 Å². The van der Waals surface area contributed by atoms with Crippen molar-refractivity contribution in [2.75, 3.05) is 5.73 Å². The molecule has 0 saturated heterocycles. The lowest BCUT2D eigenvalue weighted by atomic mass is 10.1. The first-order valence-electron chi connectivity index (χ1n) is 5.80. The van der Waals surface area contributed by atoms with Crippen LogP contribution >= 0.6 is 0 Å². The summed E-state index contributed by atoms with van der Waals surface area (Å²) in [6, 6.07) is 11.7. The SMILES string of the molecule is Nc1ccnc(-c2ccc(OC3CC3)cc2)c1. The van der Waals surface area contributed by atoms with Crippen LogP contribution < -0.4 is 10.5 Å². The molecule has 0 unspecified atom stereocenters. The molecule has 2 N–H and O–H groups in total. The van der Waals surface area contributed by atoms with E-state index >= 15 is 0 Å². The Kier molecular flexibility index (Phi) is 2.44. The third-order valence-corrected chi connectivity index (χ3v) is 2.76. The summed E-state index contributed by atoms with van der Waals surface area (Å²) in [6.07, 6.45) is 4.52. The number of benzene rings is 1. The highest BCUT2D eigenvalue weighted by Crippen LogP contribution is 2.28. The fourth-order valence-corrected chi connectivity index (χ4v) is 1.69. The van der Waals surface area contributed by atoms with Crippen LogP contribution in [0.3, 0.4) is 0 Å². The number of nitrogens with two attached hydrogens (primary N) is 1. The predicted molar refractivity (Wildman–Crippen MR) is 67.7 cm³/mol. The molecule has 0 spiro atoms. The number of hydrogen-bond acceptors (Lipinski definition) is 3. The highest BCUT2D eigenvalue weighted by molar-refractivity contribution is 5.63. The van der Waals surface area contributed by atoms with Gasteiger partial charge in [0.2, 0.25) is 0 Å². The van der Waals surface area contributed by atoms with Gasteiger partial charge in [-0.05, 0) is 49.2 Å². The minimum Gasteiger partial charge on any atom is -0.490 e. The summed E-state index contributed by atoms with van der Waals surface area (Å²) >= 11 is 0. The van der Waals surface area contributed by atoms with Crippen LogP contribution in [-0.2, 0) is 0 Å². The Hall–Kier alpha value is -2.03. The van der Waals surface area contributed by atoms with Crippen LogP contribution in [-0.4, -0.2) is 11.1 Å². The number of aromatic nitrogens is 1. The Morgan fingerprint density at radius 2 is 1.88 bits per heavy atom. The molecule has 1 aliphatic rings. The Bertz CT molecular complexity index is 518. The highest BCUT2D eigenvalue weighted by atomic mass is 16.5. The van der Waals surface area contributed by atoms with Gasteiger partial charge in [-0.3, -0.25) is 4.98 Å². The van der Waals surface area contributed by atoms with E-state index < -0.39 is 0 Å². The fraction of sp³-hybridized carbons (Fsp3) is 0.214. The zero-order valence-corrected chi connectivity index (χ0v) is 9.47. The van der Waals surface area contributed by atoms with E-state index in [1.807, 2.05) is 30.3 Å². The zero-order chi connectivity index (χ0) is 11.7. The largest absolute Gasteiger partial charge is 0.490 e. The summed E-state index contributed by atoms with van der Waals surface area (Å²) in [6.45, 7) is 0. The molecule has 1 aromatic heterocycles. The summed E-state index contributed by atoms with van der Waals surface area (Å²) in [4.78, 5) is 4.29. The fourth-order valence-electron chi connectivity index (χ4n) is 1.69. The van der Waals surface area contributed by atoms with E-state index in [1.54, 1.807) is 12.3 Å². The van der Waals surface area contributed by atoms with Crippen LogP contribution in [0.1, 0.15) is 12.8 Å². The molecule has 0 amide bonds. The van der Waals surface area contributed by atoms with E-state index in [9.17, 15) is 0 Å². The molecular weight excluding hydrogens is 212 g/mol. The molecule has 2 aromatic rings. The first-order valence-corrected chi connectivity index (χ1v) is 5.80. The number of rotatable bonds is 3. The van der Waals surface area contributed by atoms with Gasteiger partial charge < -0.3 is 10.5 Å². The Morgan fingerprint density at radius 3 is 2.53 bits per heavy atom. The molecule has 86 valence electrons. The monoisotopic (exact) mass is 226 g/mol. The minimum absolute atomic E-state index is 0.436. The molecule has 0 bridgehead atoms. The maximum Gasteiger partial charge on any atom is 0.119 e. The van der Waals surface area contributed by atoms with E-state index in [0.717, 1.165) is 22.7 Å². The van der Waals surface area contributed by atoms with Crippen molar-refractivity contribution in [3.05, 3.63) is 42.6 Å². The average molecular weight is 226 g/mol. The second-order valence-corrected chi connectivity index (χ2v) is 4.32. The predicted octanol–water partition coefficient (Wildman–Crippen LogP) is 2.87. The maximum absolute atomic E-state index is 5.74. The van der Waals surface area contributed by atoms with Gasteiger partial charge in [0.05, 0.1) is 11.8 Å². The minimum atomic E-state index is 0.436. The molecule has 1 fully saturated rings. The van der Waals surface area contributed by atoms with Gasteiger partial charge in [-0.1, -0.05) is 0 Å². The van der Waals surface area contributed by atoms with Gasteiger partial charge in [0.1, 0.15) is 5.75 Å². The summed E-state index contributed by atoms with van der Waals surface area (Å²) < 4.78 is 5.69. The molecule has 1 saturated carbocycles. The number of nitrogen functional groups attached to an aromatic ring is 1. The first kappa shape index (κ1) is 10.1. The molecule has 1 aromatic carbocycles. The van der Waals surface area contributed by atoms with Crippen LogP contribution in [0.25, 0.3) is 11.3 Å². The van der Waals surface area contributed by atoms with Crippen LogP contribution in [0.15, 0.2) is 42.6 Å². The summed E-state index contributed by atoms with van der Waals surface area (Å²) in [5.74, 6) is 0.931. The molecule has 1 heterocycles. The normalized spacial score (nSPS) is 14.6. The molecular formula is C14H14N2O. The lowest BCUT2D eigenvalue weighted by molar-refractivity contribution is 0.303. The van der Waals surface area contributed by atoms with E-state index in [0.29, 0.717) is 6.10 Å². The van der Waals surface area contributed by atoms with Crippen LogP contribution in [0, 0.1) is 0 Å². The lowest BCUT2D eigenvalue weighted by Gasteiger charge is -2.06. The van der Waals surface area contributed by atoms with Gasteiger partial charge in [0.25, 0.3) is 0 Å². The molecule has 17 heavy (non-hydrogen) atoms. The summed E-state index contributed by atoms with van der Waals surface area (Å²) in [5, 5.41) is 0. The van der Waals surface area contributed by atoms with Crippen molar-refractivity contribution in [2.24, 2.45) is 0 Å². The van der Waals surface area contributed by atoms with E-state index in [4.69, 9.17) is 10.5 Å². The topological polar surface area (TPSA) is 48.1 Å². The van der Waals surface area contributed by atoms with Crippen LogP contribution in [0.4, 0.5) is 5.69 Å². The van der Waals surface area contributed by atoms with Gasteiger partial charge in [-0.25, -0.2) is 0 Å². The molecule has 0 aliphatic heterocycles. The standard InChI is InChI=1S/C14H14N2O/c15-11-7-8-16-14(9-11)10-1-3-12(4-2-10)17-13-5-6-13/h1-4,7-9,13H,5-6H2,(H2,15,16). The van der Waals surface area contributed by atoms with E-state index in [1.165, 1.54) is 12.8 Å². The van der Waals surface area contributed by atoms with Crippen molar-refractivity contribution in [1.29, 1.82) is 0 Å². The maximum atomic E-state index is 5.74. The van der Waals surface area contributed by atoms with Gasteiger partial charge in [-0.15, -0.1) is 0 Å². The van der Waals surface area contributed by atoms with Crippen molar-refractivity contribution < 1.29 is 4.74 Å². The second-order valence-electron chi connectivity index (χ2n) is 4.32. The van der Waals surface area contributed by atoms with Crippen molar-refractivity contribution in [2.45, 2.75) is 18.9 Å². The van der Waals surface area contributed by atoms with Gasteiger partial charge in [-0.2, -0.15) is 0 Å². The number of hydrogen-bond donors (Lipinski definition) is 1. The Balaban J connectivity index is 1.83. The molecule has 3 heteroatoms. The van der Waals surface area contributed by atoms with Crippen LogP contribution in [0.5, 0.6) is 5.75 Å². The zero-order valence-electron chi connectivity index (χ0n) is 9.47. The lowest BCUT2D eigenvalue weighted by Crippen LogP contribution is -1.95. The first-order chi connectivity index (χ1) is 8.31. The third kappa shape index (κ3) is 2.38. The quantitative estimate of drug-likeness (QED) is 0.875. The van der Waals surface area contributed by atoms with Crippen LogP contribution in [0.2, 0.25) is 0 Å². The average Bonchev–Trinajstić information content (AvgIpc) is 3.14. The molecule has 1 aliphatic carbocycles. The van der Waals surface area contributed by atoms with Gasteiger partial charge in [0.15, 0.2) is 0 Å². The van der Waals surface area contributed by atoms with Crippen molar-refractivity contribution >= 4 is 5.69 Å². The van der Waals surface area contributed by atoms with Gasteiger partial charge in [0, 0.05) is 17.4 Å². The van der Waals surface area contributed by atoms with E-state index in [2.05, 4.69) is 4.98 Å². The Morgan fingerprint density at radius 1 is 1.12 bits per heavy atom. The molecule has 0 radical (unpaired) electrons.